The minimum atomic E-state index is 0.488. The number of likely N-dealkylation sites (N-methyl/N-ethyl adjacent to an activating group) is 1. The van der Waals surface area contributed by atoms with Crippen molar-refractivity contribution < 1.29 is 0 Å². The molecular formula is C18H27N5. The number of aromatic nitrogens is 3. The van der Waals surface area contributed by atoms with E-state index >= 15 is 0 Å². The van der Waals surface area contributed by atoms with E-state index in [0.29, 0.717) is 5.92 Å². The molecular weight excluding hydrogens is 286 g/mol. The van der Waals surface area contributed by atoms with Crippen molar-refractivity contribution in [3.63, 3.8) is 0 Å². The van der Waals surface area contributed by atoms with Crippen LogP contribution in [0.4, 0.5) is 5.82 Å². The minimum Gasteiger partial charge on any atom is -0.356 e. The highest BCUT2D eigenvalue weighted by molar-refractivity contribution is 5.46. The first-order valence-corrected chi connectivity index (χ1v) is 8.47. The van der Waals surface area contributed by atoms with Crippen LogP contribution in [0.3, 0.4) is 0 Å². The van der Waals surface area contributed by atoms with Crippen LogP contribution in [0.1, 0.15) is 30.1 Å². The molecule has 0 saturated carbocycles. The Bertz CT molecular complexity index is 634. The average molecular weight is 313 g/mol. The van der Waals surface area contributed by atoms with Crippen molar-refractivity contribution in [1.29, 1.82) is 0 Å². The lowest BCUT2D eigenvalue weighted by Gasteiger charge is -2.34. The Balaban J connectivity index is 1.74. The van der Waals surface area contributed by atoms with Crippen LogP contribution < -0.4 is 4.90 Å². The van der Waals surface area contributed by atoms with Crippen LogP contribution in [0.15, 0.2) is 30.7 Å². The highest BCUT2D eigenvalue weighted by Crippen LogP contribution is 2.29. The Morgan fingerprint density at radius 2 is 2.13 bits per heavy atom. The normalized spacial score (nSPS) is 18.6. The number of anilines is 1. The van der Waals surface area contributed by atoms with Crippen molar-refractivity contribution in [2.24, 2.45) is 0 Å². The van der Waals surface area contributed by atoms with E-state index in [-0.39, 0.29) is 0 Å². The summed E-state index contributed by atoms with van der Waals surface area (Å²) >= 11 is 0. The number of aryl methyl sites for hydroxylation is 1. The molecule has 0 aromatic carbocycles. The van der Waals surface area contributed by atoms with E-state index in [1.54, 1.807) is 0 Å². The van der Waals surface area contributed by atoms with Gasteiger partial charge in [-0.15, -0.1) is 0 Å². The number of piperidine rings is 1. The third-order valence-electron chi connectivity index (χ3n) is 4.60. The van der Waals surface area contributed by atoms with E-state index in [9.17, 15) is 0 Å². The summed E-state index contributed by atoms with van der Waals surface area (Å²) in [5.74, 6) is 2.84. The second kappa shape index (κ2) is 7.13. The minimum absolute atomic E-state index is 0.488. The summed E-state index contributed by atoms with van der Waals surface area (Å²) in [5, 5.41) is 0. The standard InChI is InChI=1S/C18H27N5/c1-15-6-4-8-19-17(15)23-10-5-7-16(14-23)18-20-9-11-22(18)13-12-21(2)3/h4,6,8-9,11,16H,5,7,10,12-14H2,1-3H3/t16-/m0/s1. The zero-order valence-corrected chi connectivity index (χ0v) is 14.4. The zero-order valence-electron chi connectivity index (χ0n) is 14.4. The molecule has 2 aromatic rings. The lowest BCUT2D eigenvalue weighted by atomic mass is 9.96. The molecule has 0 spiro atoms. The van der Waals surface area contributed by atoms with Gasteiger partial charge in [0.15, 0.2) is 0 Å². The van der Waals surface area contributed by atoms with Gasteiger partial charge in [-0.1, -0.05) is 6.07 Å². The zero-order chi connectivity index (χ0) is 16.2. The van der Waals surface area contributed by atoms with Crippen molar-refractivity contribution in [2.75, 3.05) is 38.6 Å². The molecule has 23 heavy (non-hydrogen) atoms. The molecule has 3 heterocycles. The van der Waals surface area contributed by atoms with Gasteiger partial charge in [0.1, 0.15) is 11.6 Å². The predicted octanol–water partition coefficient (Wildman–Crippen LogP) is 2.53. The number of hydrogen-bond acceptors (Lipinski definition) is 4. The van der Waals surface area contributed by atoms with E-state index in [0.717, 1.165) is 32.0 Å². The van der Waals surface area contributed by atoms with E-state index in [2.05, 4.69) is 57.6 Å². The van der Waals surface area contributed by atoms with Crippen LogP contribution in [0.5, 0.6) is 0 Å². The van der Waals surface area contributed by atoms with Crippen LogP contribution >= 0.6 is 0 Å². The Kier molecular flexibility index (Phi) is 4.96. The van der Waals surface area contributed by atoms with Crippen LogP contribution in [0.25, 0.3) is 0 Å². The molecule has 1 aliphatic heterocycles. The predicted molar refractivity (Wildman–Crippen MR) is 93.9 cm³/mol. The second-order valence-corrected chi connectivity index (χ2v) is 6.71. The summed E-state index contributed by atoms with van der Waals surface area (Å²) in [6, 6.07) is 4.15. The largest absolute Gasteiger partial charge is 0.356 e. The molecule has 0 unspecified atom stereocenters. The summed E-state index contributed by atoms with van der Waals surface area (Å²) in [6.45, 7) is 6.29. The Morgan fingerprint density at radius 1 is 1.26 bits per heavy atom. The quantitative estimate of drug-likeness (QED) is 0.850. The molecule has 1 aliphatic rings. The molecule has 5 nitrogen and oxygen atoms in total. The number of rotatable bonds is 5. The van der Waals surface area contributed by atoms with Crippen LogP contribution in [0.2, 0.25) is 0 Å². The van der Waals surface area contributed by atoms with E-state index in [1.807, 2.05) is 18.5 Å². The topological polar surface area (TPSA) is 37.2 Å². The van der Waals surface area contributed by atoms with Gasteiger partial charge in [-0.25, -0.2) is 9.97 Å². The number of pyridine rings is 1. The van der Waals surface area contributed by atoms with Crippen molar-refractivity contribution in [2.45, 2.75) is 32.2 Å². The van der Waals surface area contributed by atoms with Gasteiger partial charge in [0.05, 0.1) is 0 Å². The first-order chi connectivity index (χ1) is 11.1. The summed E-state index contributed by atoms with van der Waals surface area (Å²) in [6.07, 6.45) is 8.35. The lowest BCUT2D eigenvalue weighted by molar-refractivity contribution is 0.373. The van der Waals surface area contributed by atoms with Gasteiger partial charge in [0.25, 0.3) is 0 Å². The van der Waals surface area contributed by atoms with Gasteiger partial charge in [-0.2, -0.15) is 0 Å². The number of imidazole rings is 1. The molecule has 1 atom stereocenters. The molecule has 0 radical (unpaired) electrons. The van der Waals surface area contributed by atoms with Crippen LogP contribution in [0, 0.1) is 6.92 Å². The molecule has 0 bridgehead atoms. The average Bonchev–Trinajstić information content (AvgIpc) is 3.02. The maximum atomic E-state index is 4.67. The second-order valence-electron chi connectivity index (χ2n) is 6.71. The monoisotopic (exact) mass is 313 g/mol. The molecule has 0 aliphatic carbocycles. The molecule has 5 heteroatoms. The summed E-state index contributed by atoms with van der Waals surface area (Å²) in [5.41, 5.74) is 1.25. The van der Waals surface area contributed by atoms with Gasteiger partial charge < -0.3 is 14.4 Å². The lowest BCUT2D eigenvalue weighted by Crippen LogP contribution is -2.36. The molecule has 0 amide bonds. The molecule has 124 valence electrons. The Labute approximate surface area is 139 Å². The summed E-state index contributed by atoms with van der Waals surface area (Å²) in [4.78, 5) is 13.9. The fourth-order valence-electron chi connectivity index (χ4n) is 3.37. The summed E-state index contributed by atoms with van der Waals surface area (Å²) < 4.78 is 2.32. The van der Waals surface area contributed by atoms with Crippen molar-refractivity contribution >= 4 is 5.82 Å². The van der Waals surface area contributed by atoms with Crippen LogP contribution in [-0.2, 0) is 6.54 Å². The van der Waals surface area contributed by atoms with Crippen molar-refractivity contribution in [1.82, 2.24) is 19.4 Å². The highest BCUT2D eigenvalue weighted by Gasteiger charge is 2.26. The van der Waals surface area contributed by atoms with E-state index in [1.165, 1.54) is 24.2 Å². The van der Waals surface area contributed by atoms with E-state index < -0.39 is 0 Å². The first kappa shape index (κ1) is 16.0. The Morgan fingerprint density at radius 3 is 2.91 bits per heavy atom. The maximum Gasteiger partial charge on any atom is 0.131 e. The third kappa shape index (κ3) is 3.72. The van der Waals surface area contributed by atoms with Gasteiger partial charge >= 0.3 is 0 Å². The highest BCUT2D eigenvalue weighted by atomic mass is 15.2. The maximum absolute atomic E-state index is 4.67. The van der Waals surface area contributed by atoms with Gasteiger partial charge in [-0.3, -0.25) is 0 Å². The van der Waals surface area contributed by atoms with Crippen LogP contribution in [-0.4, -0.2) is 53.2 Å². The van der Waals surface area contributed by atoms with Gasteiger partial charge in [0, 0.05) is 50.7 Å². The Hall–Kier alpha value is -1.88. The van der Waals surface area contributed by atoms with Gasteiger partial charge in [-0.05, 0) is 45.5 Å². The molecule has 2 aromatic heterocycles. The molecule has 1 fully saturated rings. The van der Waals surface area contributed by atoms with Crippen molar-refractivity contribution in [3.8, 4) is 0 Å². The first-order valence-electron chi connectivity index (χ1n) is 8.47. The smallest absolute Gasteiger partial charge is 0.131 e. The van der Waals surface area contributed by atoms with E-state index in [4.69, 9.17) is 0 Å². The molecule has 1 saturated heterocycles. The fraction of sp³-hybridized carbons (Fsp3) is 0.556. The number of hydrogen-bond donors (Lipinski definition) is 0. The summed E-state index contributed by atoms with van der Waals surface area (Å²) in [7, 11) is 4.23. The molecule has 3 rings (SSSR count). The fourth-order valence-corrected chi connectivity index (χ4v) is 3.37. The van der Waals surface area contributed by atoms with Crippen molar-refractivity contribution in [3.05, 3.63) is 42.1 Å². The molecule has 0 N–H and O–H groups in total. The SMILES string of the molecule is Cc1cccnc1N1CCC[C@H](c2nccn2CCN(C)C)C1. The number of nitrogens with zero attached hydrogens (tertiary/aromatic N) is 5. The van der Waals surface area contributed by atoms with Gasteiger partial charge in [0.2, 0.25) is 0 Å². The third-order valence-corrected chi connectivity index (χ3v) is 4.60.